The molecule has 2 aromatic rings. The van der Waals surface area contributed by atoms with E-state index >= 15 is 0 Å². The van der Waals surface area contributed by atoms with Gasteiger partial charge in [-0.05, 0) is 12.1 Å². The maximum atomic E-state index is 11.4. The Balaban J connectivity index is 0.00000112. The Morgan fingerprint density at radius 3 is 2.60 bits per heavy atom. The van der Waals surface area contributed by atoms with Crippen molar-refractivity contribution in [1.82, 2.24) is 4.98 Å². The number of carboxylic acids is 1. The van der Waals surface area contributed by atoms with E-state index in [1.807, 2.05) is 0 Å². The van der Waals surface area contributed by atoms with Crippen molar-refractivity contribution in [1.29, 1.82) is 0 Å². The molecule has 2 N–H and O–H groups in total. The Morgan fingerprint density at radius 1 is 1.27 bits per heavy atom. The number of benzene rings is 1. The fraction of sp³-hybridized carbons (Fsp3) is 0. The number of fused-ring (bicyclic) bond motifs is 1. The van der Waals surface area contributed by atoms with Crippen molar-refractivity contribution in [2.45, 2.75) is 0 Å². The summed E-state index contributed by atoms with van der Waals surface area (Å²) in [6.45, 7) is 0. The van der Waals surface area contributed by atoms with Crippen LogP contribution in [0.5, 0.6) is 0 Å². The Kier molecular flexibility index (Phi) is 3.68. The van der Waals surface area contributed by atoms with Crippen molar-refractivity contribution < 1.29 is 9.90 Å². The van der Waals surface area contributed by atoms with E-state index in [4.69, 9.17) is 5.11 Å². The standard InChI is InChI=1S/C10H7NO3.Na/c12-9-5-8(10(13)14)11-7-4-2-1-3-6(7)9;/h1-5H,(H,11,12)(H,13,14);. The number of aromatic carboxylic acids is 1. The van der Waals surface area contributed by atoms with Crippen molar-refractivity contribution in [3.63, 3.8) is 0 Å². The van der Waals surface area contributed by atoms with E-state index in [-0.39, 0.29) is 40.7 Å². The van der Waals surface area contributed by atoms with Crippen LogP contribution in [0.3, 0.4) is 0 Å². The number of nitrogens with one attached hydrogen (secondary N) is 1. The second-order valence-electron chi connectivity index (χ2n) is 2.90. The summed E-state index contributed by atoms with van der Waals surface area (Å²) in [7, 11) is 0. The van der Waals surface area contributed by atoms with Crippen molar-refractivity contribution in [2.24, 2.45) is 0 Å². The van der Waals surface area contributed by atoms with E-state index in [0.29, 0.717) is 10.9 Å². The number of carboxylic acid groups (broad SMARTS) is 1. The number of hydrogen-bond donors (Lipinski definition) is 2. The summed E-state index contributed by atoms with van der Waals surface area (Å²) < 4.78 is 0. The summed E-state index contributed by atoms with van der Waals surface area (Å²) in [6.07, 6.45) is 0. The SMILES string of the molecule is O=C(O)c1cc(=O)c2ccccc2[nH]1.[Na]. The topological polar surface area (TPSA) is 70.2 Å². The summed E-state index contributed by atoms with van der Waals surface area (Å²) in [5.74, 6) is -1.13. The van der Waals surface area contributed by atoms with Crippen LogP contribution < -0.4 is 5.43 Å². The molecule has 5 heteroatoms. The number of para-hydroxylation sites is 1. The van der Waals surface area contributed by atoms with Crippen molar-refractivity contribution in [3.05, 3.63) is 46.2 Å². The number of aromatic nitrogens is 1. The van der Waals surface area contributed by atoms with Crippen LogP contribution in [-0.2, 0) is 0 Å². The average Bonchev–Trinajstić information content (AvgIpc) is 2.17. The molecule has 0 fully saturated rings. The number of aromatic amines is 1. The normalized spacial score (nSPS) is 9.60. The summed E-state index contributed by atoms with van der Waals surface area (Å²) in [5.41, 5.74) is 0.169. The molecule has 0 aliphatic heterocycles. The first-order valence-electron chi connectivity index (χ1n) is 4.04. The van der Waals surface area contributed by atoms with Crippen LogP contribution in [0.25, 0.3) is 10.9 Å². The molecule has 1 aromatic carbocycles. The molecule has 0 aliphatic rings. The number of rotatable bonds is 1. The predicted octanol–water partition coefficient (Wildman–Crippen LogP) is 0.845. The number of carbonyl (C=O) groups is 1. The van der Waals surface area contributed by atoms with Crippen LogP contribution in [-0.4, -0.2) is 45.6 Å². The van der Waals surface area contributed by atoms with Gasteiger partial charge in [0, 0.05) is 46.5 Å². The van der Waals surface area contributed by atoms with Gasteiger partial charge in [-0.25, -0.2) is 4.79 Å². The van der Waals surface area contributed by atoms with Gasteiger partial charge in [0.25, 0.3) is 0 Å². The smallest absolute Gasteiger partial charge is 0.352 e. The first-order valence-corrected chi connectivity index (χ1v) is 4.04. The minimum Gasteiger partial charge on any atom is -0.477 e. The Bertz CT molecular complexity index is 562. The third-order valence-corrected chi connectivity index (χ3v) is 1.97. The zero-order valence-electron chi connectivity index (χ0n) is 8.15. The van der Waals surface area contributed by atoms with Crippen LogP contribution in [0.1, 0.15) is 10.5 Å². The minimum absolute atomic E-state index is 0. The molecule has 0 unspecified atom stereocenters. The third kappa shape index (κ3) is 2.28. The van der Waals surface area contributed by atoms with Gasteiger partial charge < -0.3 is 10.1 Å². The van der Waals surface area contributed by atoms with Crippen LogP contribution in [0.4, 0.5) is 0 Å². The molecule has 1 aromatic heterocycles. The maximum absolute atomic E-state index is 11.4. The molecule has 0 bridgehead atoms. The van der Waals surface area contributed by atoms with Gasteiger partial charge in [-0.2, -0.15) is 0 Å². The van der Waals surface area contributed by atoms with E-state index in [1.54, 1.807) is 24.3 Å². The summed E-state index contributed by atoms with van der Waals surface area (Å²) in [6, 6.07) is 7.88. The molecule has 0 spiro atoms. The fourth-order valence-electron chi connectivity index (χ4n) is 1.31. The molecule has 0 aliphatic carbocycles. The molecular formula is C10H7NNaO3. The van der Waals surface area contributed by atoms with Crippen molar-refractivity contribution in [3.8, 4) is 0 Å². The van der Waals surface area contributed by atoms with Gasteiger partial charge in [-0.1, -0.05) is 12.1 Å². The monoisotopic (exact) mass is 212 g/mol. The quantitative estimate of drug-likeness (QED) is 0.688. The van der Waals surface area contributed by atoms with Gasteiger partial charge >= 0.3 is 5.97 Å². The molecule has 0 atom stereocenters. The van der Waals surface area contributed by atoms with E-state index in [0.717, 1.165) is 6.07 Å². The third-order valence-electron chi connectivity index (χ3n) is 1.97. The summed E-state index contributed by atoms with van der Waals surface area (Å²) in [4.78, 5) is 24.7. The Hall–Kier alpha value is -1.10. The molecular weight excluding hydrogens is 205 g/mol. The Morgan fingerprint density at radius 2 is 1.93 bits per heavy atom. The molecule has 15 heavy (non-hydrogen) atoms. The molecule has 71 valence electrons. The second kappa shape index (κ2) is 4.61. The van der Waals surface area contributed by atoms with Crippen LogP contribution in [0.15, 0.2) is 35.1 Å². The summed E-state index contributed by atoms with van der Waals surface area (Å²) in [5, 5.41) is 9.20. The predicted molar refractivity (Wildman–Crippen MR) is 57.3 cm³/mol. The summed E-state index contributed by atoms with van der Waals surface area (Å²) >= 11 is 0. The van der Waals surface area contributed by atoms with Gasteiger partial charge in [-0.15, -0.1) is 0 Å². The first kappa shape index (κ1) is 12.0. The number of H-pyrrole nitrogens is 1. The van der Waals surface area contributed by atoms with Gasteiger partial charge in [0.1, 0.15) is 5.69 Å². The van der Waals surface area contributed by atoms with E-state index in [2.05, 4.69) is 4.98 Å². The molecule has 4 nitrogen and oxygen atoms in total. The van der Waals surface area contributed by atoms with Gasteiger partial charge in [0.2, 0.25) is 0 Å². The first-order chi connectivity index (χ1) is 6.68. The van der Waals surface area contributed by atoms with E-state index in [9.17, 15) is 9.59 Å². The molecule has 2 rings (SSSR count). The van der Waals surface area contributed by atoms with Crippen LogP contribution in [0, 0.1) is 0 Å². The van der Waals surface area contributed by atoms with Gasteiger partial charge in [0.15, 0.2) is 5.43 Å². The van der Waals surface area contributed by atoms with Gasteiger partial charge in [-0.3, -0.25) is 4.79 Å². The molecule has 0 amide bonds. The van der Waals surface area contributed by atoms with Crippen LogP contribution in [0.2, 0.25) is 0 Å². The zero-order chi connectivity index (χ0) is 10.1. The average molecular weight is 212 g/mol. The van der Waals surface area contributed by atoms with Crippen molar-refractivity contribution >= 4 is 46.4 Å². The minimum atomic E-state index is -1.13. The fourth-order valence-corrected chi connectivity index (χ4v) is 1.31. The Labute approximate surface area is 107 Å². The molecule has 0 saturated carbocycles. The maximum Gasteiger partial charge on any atom is 0.352 e. The van der Waals surface area contributed by atoms with E-state index < -0.39 is 5.97 Å². The van der Waals surface area contributed by atoms with Gasteiger partial charge in [0.05, 0.1) is 0 Å². The van der Waals surface area contributed by atoms with Crippen molar-refractivity contribution in [2.75, 3.05) is 0 Å². The number of hydrogen-bond acceptors (Lipinski definition) is 2. The van der Waals surface area contributed by atoms with Crippen LogP contribution >= 0.6 is 0 Å². The number of pyridine rings is 1. The largest absolute Gasteiger partial charge is 0.477 e. The second-order valence-corrected chi connectivity index (χ2v) is 2.90. The zero-order valence-corrected chi connectivity index (χ0v) is 10.2. The van der Waals surface area contributed by atoms with E-state index in [1.165, 1.54) is 0 Å². The molecule has 1 heterocycles. The molecule has 1 radical (unpaired) electrons. The molecule has 0 saturated heterocycles.